The first-order valence-electron chi connectivity index (χ1n) is 9.18. The number of amides is 1. The number of hydrogen-bond donors (Lipinski definition) is 2. The summed E-state index contributed by atoms with van der Waals surface area (Å²) in [6, 6.07) is 8.47. The third-order valence-electron chi connectivity index (χ3n) is 4.86. The van der Waals surface area contributed by atoms with Crippen LogP contribution >= 0.6 is 39.0 Å². The fraction of sp³-hybridized carbons (Fsp3) is 0.350. The predicted molar refractivity (Wildman–Crippen MR) is 120 cm³/mol. The molecule has 2 N–H and O–H groups in total. The third-order valence-corrected chi connectivity index (χ3v) is 7.50. The largest absolute Gasteiger partial charge is 0.365 e. The van der Waals surface area contributed by atoms with Crippen LogP contribution in [0.3, 0.4) is 0 Å². The average molecular weight is 477 g/mol. The van der Waals surface area contributed by atoms with Crippen LogP contribution in [0.25, 0.3) is 10.2 Å². The lowest BCUT2D eigenvalue weighted by Gasteiger charge is -2.24. The van der Waals surface area contributed by atoms with Crippen molar-refractivity contribution in [1.82, 2.24) is 15.3 Å². The molecule has 0 unspecified atom stereocenters. The van der Waals surface area contributed by atoms with Crippen molar-refractivity contribution >= 4 is 61.0 Å². The van der Waals surface area contributed by atoms with Crippen molar-refractivity contribution < 1.29 is 4.79 Å². The van der Waals surface area contributed by atoms with Gasteiger partial charge in [0.15, 0.2) is 0 Å². The van der Waals surface area contributed by atoms with Gasteiger partial charge < -0.3 is 10.6 Å². The second kappa shape index (κ2) is 8.39. The molecule has 1 aliphatic heterocycles. The van der Waals surface area contributed by atoms with Crippen LogP contribution in [-0.4, -0.2) is 28.5 Å². The zero-order valence-corrected chi connectivity index (χ0v) is 18.9. The van der Waals surface area contributed by atoms with E-state index in [1.165, 1.54) is 15.3 Å². The van der Waals surface area contributed by atoms with Crippen LogP contribution in [-0.2, 0) is 10.5 Å². The van der Waals surface area contributed by atoms with Gasteiger partial charge in [-0.25, -0.2) is 9.97 Å². The summed E-state index contributed by atoms with van der Waals surface area (Å²) in [7, 11) is 0. The molecule has 1 aliphatic rings. The molecule has 1 fully saturated rings. The lowest BCUT2D eigenvalue weighted by molar-refractivity contribution is -0.122. The number of thioether (sulfide) groups is 1. The first kappa shape index (κ1) is 19.7. The number of thiophene rings is 1. The van der Waals surface area contributed by atoms with Gasteiger partial charge in [0, 0.05) is 33.3 Å². The first-order valence-corrected chi connectivity index (χ1v) is 11.8. The second-order valence-electron chi connectivity index (χ2n) is 6.88. The Kier molecular flexibility index (Phi) is 5.89. The van der Waals surface area contributed by atoms with Crippen molar-refractivity contribution in [1.29, 1.82) is 0 Å². The Morgan fingerprint density at radius 3 is 2.79 bits per heavy atom. The highest BCUT2D eigenvalue weighted by atomic mass is 79.9. The molecule has 5 nitrogen and oxygen atoms in total. The topological polar surface area (TPSA) is 66.9 Å². The van der Waals surface area contributed by atoms with Gasteiger partial charge in [-0.15, -0.1) is 23.1 Å². The van der Waals surface area contributed by atoms with Crippen molar-refractivity contribution in [2.24, 2.45) is 0 Å². The smallest absolute Gasteiger partial charge is 0.220 e. The van der Waals surface area contributed by atoms with E-state index in [4.69, 9.17) is 9.97 Å². The highest BCUT2D eigenvalue weighted by Crippen LogP contribution is 2.35. The number of halogens is 1. The number of carbonyl (C=O) groups excluding carboxylic acids is 1. The minimum absolute atomic E-state index is 0.125. The minimum Gasteiger partial charge on any atom is -0.365 e. The molecule has 0 spiro atoms. The summed E-state index contributed by atoms with van der Waals surface area (Å²) in [5.74, 6) is 2.55. The van der Waals surface area contributed by atoms with E-state index >= 15 is 0 Å². The van der Waals surface area contributed by atoms with Gasteiger partial charge >= 0.3 is 0 Å². The molecule has 1 amide bonds. The zero-order chi connectivity index (χ0) is 19.7. The van der Waals surface area contributed by atoms with E-state index in [-0.39, 0.29) is 11.9 Å². The Labute approximate surface area is 180 Å². The molecular weight excluding hydrogens is 456 g/mol. The fourth-order valence-electron chi connectivity index (χ4n) is 3.19. The van der Waals surface area contributed by atoms with E-state index in [1.807, 2.05) is 12.1 Å². The van der Waals surface area contributed by atoms with Crippen LogP contribution in [0.1, 0.15) is 29.1 Å². The van der Waals surface area contributed by atoms with E-state index in [0.29, 0.717) is 18.7 Å². The quantitative estimate of drug-likeness (QED) is 0.504. The molecule has 3 heterocycles. The Morgan fingerprint density at radius 1 is 1.29 bits per heavy atom. The van der Waals surface area contributed by atoms with Crippen molar-refractivity contribution in [3.63, 3.8) is 0 Å². The maximum atomic E-state index is 11.5. The molecule has 1 saturated heterocycles. The van der Waals surface area contributed by atoms with E-state index in [2.05, 4.69) is 52.5 Å². The summed E-state index contributed by atoms with van der Waals surface area (Å²) in [4.78, 5) is 24.6. The molecule has 2 aromatic heterocycles. The number of nitrogens with zero attached hydrogens (tertiary/aromatic N) is 2. The number of piperidine rings is 1. The minimum atomic E-state index is 0.125. The van der Waals surface area contributed by atoms with Crippen LogP contribution in [0.4, 0.5) is 5.82 Å². The summed E-state index contributed by atoms with van der Waals surface area (Å²) in [6.45, 7) is 4.89. The highest BCUT2D eigenvalue weighted by molar-refractivity contribution is 9.10. The van der Waals surface area contributed by atoms with Crippen LogP contribution in [0.15, 0.2) is 33.6 Å². The maximum Gasteiger partial charge on any atom is 0.220 e. The van der Waals surface area contributed by atoms with Gasteiger partial charge in [0.05, 0.1) is 11.1 Å². The van der Waals surface area contributed by atoms with Crippen molar-refractivity contribution in [2.45, 2.75) is 43.4 Å². The number of carbonyl (C=O) groups is 1. The van der Waals surface area contributed by atoms with Gasteiger partial charge in [-0.05, 0) is 50.1 Å². The standard InChI is InChI=1S/C20H21BrN4OS2/c1-11-12(2)28-20-18(11)19(23-14-5-8-17(26)22-9-14)24-16(25-20)10-27-15-6-3-13(21)4-7-15/h3-4,6-7,14H,5,8-10H2,1-2H3,(H,22,26)(H,23,24,25)/t14-/m0/s1. The molecule has 1 atom stereocenters. The average Bonchev–Trinajstić information content (AvgIpc) is 2.97. The summed E-state index contributed by atoms with van der Waals surface area (Å²) in [5.41, 5.74) is 1.23. The zero-order valence-electron chi connectivity index (χ0n) is 15.7. The molecule has 3 aromatic rings. The Morgan fingerprint density at radius 2 is 2.07 bits per heavy atom. The predicted octanol–water partition coefficient (Wildman–Crippen LogP) is 5.05. The molecule has 28 heavy (non-hydrogen) atoms. The van der Waals surface area contributed by atoms with E-state index in [0.717, 1.165) is 32.8 Å². The molecule has 1 aromatic carbocycles. The number of anilines is 1. The van der Waals surface area contributed by atoms with E-state index in [1.54, 1.807) is 23.1 Å². The van der Waals surface area contributed by atoms with Crippen LogP contribution in [0, 0.1) is 13.8 Å². The Bertz CT molecular complexity index is 1010. The van der Waals surface area contributed by atoms with Crippen LogP contribution < -0.4 is 10.6 Å². The van der Waals surface area contributed by atoms with Crippen molar-refractivity contribution in [3.8, 4) is 0 Å². The number of hydrogen-bond acceptors (Lipinski definition) is 6. The van der Waals surface area contributed by atoms with Gasteiger partial charge in [-0.2, -0.15) is 0 Å². The fourth-order valence-corrected chi connectivity index (χ4v) is 5.26. The Balaban J connectivity index is 1.60. The van der Waals surface area contributed by atoms with Gasteiger partial charge in [0.2, 0.25) is 5.91 Å². The van der Waals surface area contributed by atoms with Crippen LogP contribution in [0.2, 0.25) is 0 Å². The number of fused-ring (bicyclic) bond motifs is 1. The van der Waals surface area contributed by atoms with Gasteiger partial charge in [-0.3, -0.25) is 4.79 Å². The van der Waals surface area contributed by atoms with Crippen molar-refractivity contribution in [3.05, 3.63) is 45.0 Å². The molecular formula is C20H21BrN4OS2. The lowest BCUT2D eigenvalue weighted by atomic mass is 10.1. The van der Waals surface area contributed by atoms with Gasteiger partial charge in [0.25, 0.3) is 0 Å². The number of aryl methyl sites for hydroxylation is 2. The molecule has 0 aliphatic carbocycles. The molecule has 146 valence electrons. The lowest BCUT2D eigenvalue weighted by Crippen LogP contribution is -2.42. The summed E-state index contributed by atoms with van der Waals surface area (Å²) in [5, 5.41) is 7.61. The van der Waals surface area contributed by atoms with Crippen molar-refractivity contribution in [2.75, 3.05) is 11.9 Å². The number of aromatic nitrogens is 2. The molecule has 4 rings (SSSR count). The third kappa shape index (κ3) is 4.34. The molecule has 8 heteroatoms. The summed E-state index contributed by atoms with van der Waals surface area (Å²) < 4.78 is 1.07. The first-order chi connectivity index (χ1) is 13.5. The molecule has 0 radical (unpaired) electrons. The number of rotatable bonds is 5. The Hall–Kier alpha value is -1.64. The monoisotopic (exact) mass is 476 g/mol. The number of benzene rings is 1. The summed E-state index contributed by atoms with van der Waals surface area (Å²) >= 11 is 6.92. The van der Waals surface area contributed by atoms with Gasteiger partial charge in [0.1, 0.15) is 16.5 Å². The maximum absolute atomic E-state index is 11.5. The SMILES string of the molecule is Cc1sc2nc(CSc3ccc(Br)cc3)nc(N[C@H]3CCC(=O)NC3)c2c1C. The van der Waals surface area contributed by atoms with Gasteiger partial charge in [-0.1, -0.05) is 15.9 Å². The number of nitrogens with one attached hydrogen (secondary N) is 2. The van der Waals surface area contributed by atoms with E-state index in [9.17, 15) is 4.79 Å². The van der Waals surface area contributed by atoms with Crippen LogP contribution in [0.5, 0.6) is 0 Å². The summed E-state index contributed by atoms with van der Waals surface area (Å²) in [6.07, 6.45) is 1.38. The molecule has 0 saturated carbocycles. The highest BCUT2D eigenvalue weighted by Gasteiger charge is 2.21. The molecule has 0 bridgehead atoms. The second-order valence-corrected chi connectivity index (χ2v) is 10.0. The normalized spacial score (nSPS) is 17.0. The van der Waals surface area contributed by atoms with E-state index < -0.39 is 0 Å².